The van der Waals surface area contributed by atoms with Gasteiger partial charge in [-0.3, -0.25) is 0 Å². The van der Waals surface area contributed by atoms with E-state index in [9.17, 15) is 0 Å². The molecule has 0 saturated heterocycles. The van der Waals surface area contributed by atoms with Crippen molar-refractivity contribution in [1.82, 2.24) is 4.57 Å². The second kappa shape index (κ2) is 8.24. The molecule has 3 heterocycles. The molecule has 0 saturated carbocycles. The molecule has 2 aliphatic heterocycles. The minimum atomic E-state index is -0.558. The fourth-order valence-corrected chi connectivity index (χ4v) is 7.93. The zero-order valence-corrected chi connectivity index (χ0v) is 23.3. The highest BCUT2D eigenvalue weighted by Crippen LogP contribution is 2.61. The smallest absolute Gasteiger partial charge is 0.140 e. The van der Waals surface area contributed by atoms with Crippen LogP contribution in [0.15, 0.2) is 152 Å². The van der Waals surface area contributed by atoms with Crippen LogP contribution in [0.3, 0.4) is 0 Å². The maximum Gasteiger partial charge on any atom is 0.140 e. The van der Waals surface area contributed by atoms with Crippen LogP contribution in [0, 0.1) is 0 Å². The van der Waals surface area contributed by atoms with E-state index in [0.717, 1.165) is 22.6 Å². The molecular weight excluding hydrogens is 522 g/mol. The number of nitrogens with zero attached hydrogens (tertiary/aromatic N) is 1. The average molecular weight is 548 g/mol. The summed E-state index contributed by atoms with van der Waals surface area (Å²) in [5.74, 6) is 1.83. The lowest BCUT2D eigenvalue weighted by atomic mass is 9.61. The van der Waals surface area contributed by atoms with Crippen LogP contribution in [0.1, 0.15) is 22.3 Å². The van der Waals surface area contributed by atoms with Gasteiger partial charge < -0.3 is 9.30 Å². The molecule has 2 heteroatoms. The lowest BCUT2D eigenvalue weighted by Crippen LogP contribution is -2.37. The van der Waals surface area contributed by atoms with Crippen LogP contribution in [0.25, 0.3) is 49.4 Å². The molecule has 7 aromatic carbocycles. The molecule has 2 nitrogen and oxygen atoms in total. The first-order valence-electron chi connectivity index (χ1n) is 14.9. The molecule has 8 aromatic rings. The molecule has 10 rings (SSSR count). The van der Waals surface area contributed by atoms with Gasteiger partial charge in [0.2, 0.25) is 0 Å². The van der Waals surface area contributed by atoms with Gasteiger partial charge in [-0.05, 0) is 51.7 Å². The van der Waals surface area contributed by atoms with Gasteiger partial charge in [-0.15, -0.1) is 0 Å². The third-order valence-corrected chi connectivity index (χ3v) is 9.63. The van der Waals surface area contributed by atoms with Crippen molar-refractivity contribution in [2.24, 2.45) is 0 Å². The van der Waals surface area contributed by atoms with E-state index in [1.54, 1.807) is 0 Å². The molecule has 0 radical (unpaired) electrons. The van der Waals surface area contributed by atoms with E-state index in [1.807, 2.05) is 0 Å². The lowest BCUT2D eigenvalue weighted by Gasteiger charge is -2.45. The highest BCUT2D eigenvalue weighted by Gasteiger charge is 2.50. The maximum absolute atomic E-state index is 6.95. The van der Waals surface area contributed by atoms with E-state index in [1.165, 1.54) is 60.5 Å². The number of ether oxygens (including phenoxy) is 1. The molecule has 1 aromatic heterocycles. The van der Waals surface area contributed by atoms with Gasteiger partial charge in [0.25, 0.3) is 0 Å². The number of hydrogen-bond acceptors (Lipinski definition) is 1. The van der Waals surface area contributed by atoms with Crippen LogP contribution in [0.2, 0.25) is 0 Å². The van der Waals surface area contributed by atoms with Crippen molar-refractivity contribution in [3.05, 3.63) is 174 Å². The van der Waals surface area contributed by atoms with Gasteiger partial charge >= 0.3 is 0 Å². The Morgan fingerprint density at radius 3 is 2.14 bits per heavy atom. The second-order valence-corrected chi connectivity index (χ2v) is 11.7. The Labute approximate surface area is 249 Å². The molecular formula is C41H25NO. The predicted octanol–water partition coefficient (Wildman–Crippen LogP) is 10.4. The Balaban J connectivity index is 1.39. The highest BCUT2D eigenvalue weighted by atomic mass is 16.5. The summed E-state index contributed by atoms with van der Waals surface area (Å²) in [7, 11) is 0. The van der Waals surface area contributed by atoms with Crippen LogP contribution >= 0.6 is 0 Å². The summed E-state index contributed by atoms with van der Waals surface area (Å²) in [6.07, 6.45) is 0. The standard InChI is InChI=1S/C41H25NO/c1-2-12-27-25-28(24-23-26(27)11-1)29-14-9-19-35-40(29)43-38-22-8-5-17-33(38)41(35)32-16-4-7-21-37(32)42-36-20-6-3-13-30(36)31-15-10-18-34(41)39(31)42/h1-25H. The molecule has 1 unspecified atom stereocenters. The molecule has 43 heavy (non-hydrogen) atoms. The minimum Gasteiger partial charge on any atom is -0.456 e. The summed E-state index contributed by atoms with van der Waals surface area (Å²) in [6, 6.07) is 55.2. The van der Waals surface area contributed by atoms with Crippen molar-refractivity contribution in [2.75, 3.05) is 0 Å². The number of para-hydroxylation sites is 5. The van der Waals surface area contributed by atoms with Crippen molar-refractivity contribution in [1.29, 1.82) is 0 Å². The van der Waals surface area contributed by atoms with Gasteiger partial charge in [0.05, 0.1) is 22.1 Å². The third-order valence-electron chi connectivity index (χ3n) is 9.63. The molecule has 0 aliphatic carbocycles. The van der Waals surface area contributed by atoms with E-state index in [0.29, 0.717) is 0 Å². The fraction of sp³-hybridized carbons (Fsp3) is 0.0244. The largest absolute Gasteiger partial charge is 0.456 e. The average Bonchev–Trinajstić information content (AvgIpc) is 3.41. The zero-order chi connectivity index (χ0) is 28.1. The fourth-order valence-electron chi connectivity index (χ4n) is 7.93. The van der Waals surface area contributed by atoms with Gasteiger partial charge in [0.1, 0.15) is 11.5 Å². The first-order valence-corrected chi connectivity index (χ1v) is 14.9. The molecule has 0 bridgehead atoms. The number of hydrogen-bond donors (Lipinski definition) is 0. The number of rotatable bonds is 1. The quantitative estimate of drug-likeness (QED) is 0.199. The lowest BCUT2D eigenvalue weighted by molar-refractivity contribution is 0.435. The first-order chi connectivity index (χ1) is 21.3. The van der Waals surface area contributed by atoms with E-state index in [4.69, 9.17) is 4.74 Å². The molecule has 1 spiro atoms. The van der Waals surface area contributed by atoms with Crippen LogP contribution in [0.5, 0.6) is 11.5 Å². The Bertz CT molecular complexity index is 2450. The number of fused-ring (bicyclic) bond motifs is 12. The Morgan fingerprint density at radius 1 is 0.488 bits per heavy atom. The molecule has 0 amide bonds. The minimum absolute atomic E-state index is 0.558. The Hall–Kier alpha value is -5.60. The van der Waals surface area contributed by atoms with E-state index >= 15 is 0 Å². The van der Waals surface area contributed by atoms with E-state index in [-0.39, 0.29) is 0 Å². The summed E-state index contributed by atoms with van der Waals surface area (Å²) in [5.41, 5.74) is 10.3. The van der Waals surface area contributed by atoms with E-state index < -0.39 is 5.41 Å². The summed E-state index contributed by atoms with van der Waals surface area (Å²) in [6.45, 7) is 0. The monoisotopic (exact) mass is 547 g/mol. The topological polar surface area (TPSA) is 14.2 Å². The summed E-state index contributed by atoms with van der Waals surface area (Å²) in [5, 5.41) is 5.01. The second-order valence-electron chi connectivity index (χ2n) is 11.7. The molecule has 1 atom stereocenters. The number of aromatic nitrogens is 1. The normalized spacial score (nSPS) is 16.2. The van der Waals surface area contributed by atoms with Crippen LogP contribution in [-0.2, 0) is 5.41 Å². The molecule has 0 N–H and O–H groups in total. The van der Waals surface area contributed by atoms with Gasteiger partial charge in [-0.25, -0.2) is 0 Å². The van der Waals surface area contributed by atoms with Crippen LogP contribution in [-0.4, -0.2) is 4.57 Å². The van der Waals surface area contributed by atoms with Gasteiger partial charge in [-0.2, -0.15) is 0 Å². The summed E-state index contributed by atoms with van der Waals surface area (Å²) < 4.78 is 9.43. The van der Waals surface area contributed by atoms with Crippen molar-refractivity contribution < 1.29 is 4.74 Å². The predicted molar refractivity (Wildman–Crippen MR) is 176 cm³/mol. The van der Waals surface area contributed by atoms with Crippen LogP contribution < -0.4 is 4.74 Å². The Morgan fingerprint density at radius 2 is 1.19 bits per heavy atom. The van der Waals surface area contributed by atoms with Gasteiger partial charge in [-0.1, -0.05) is 127 Å². The zero-order valence-electron chi connectivity index (χ0n) is 23.3. The Kier molecular flexibility index (Phi) is 4.41. The van der Waals surface area contributed by atoms with E-state index in [2.05, 4.69) is 156 Å². The third kappa shape index (κ3) is 2.83. The summed E-state index contributed by atoms with van der Waals surface area (Å²) in [4.78, 5) is 0. The SMILES string of the molecule is c1ccc2c(c1)Oc1c(-c3ccc4ccccc4c3)cccc1C21c2ccccc2-n2c3ccccc3c3cccc1c32. The van der Waals surface area contributed by atoms with Crippen molar-refractivity contribution in [3.63, 3.8) is 0 Å². The van der Waals surface area contributed by atoms with Gasteiger partial charge in [0, 0.05) is 27.5 Å². The molecule has 200 valence electrons. The molecule has 0 fully saturated rings. The first kappa shape index (κ1) is 23.0. The van der Waals surface area contributed by atoms with Crippen LogP contribution in [0.4, 0.5) is 0 Å². The maximum atomic E-state index is 6.95. The summed E-state index contributed by atoms with van der Waals surface area (Å²) >= 11 is 0. The number of benzene rings is 7. The molecule has 2 aliphatic rings. The van der Waals surface area contributed by atoms with Gasteiger partial charge in [0.15, 0.2) is 0 Å². The van der Waals surface area contributed by atoms with Crippen molar-refractivity contribution >= 4 is 32.6 Å². The van der Waals surface area contributed by atoms with Crippen molar-refractivity contribution in [2.45, 2.75) is 5.41 Å². The highest BCUT2D eigenvalue weighted by molar-refractivity contribution is 6.12. The van der Waals surface area contributed by atoms with Crippen molar-refractivity contribution in [3.8, 4) is 28.3 Å².